The van der Waals surface area contributed by atoms with Crippen LogP contribution in [0.5, 0.6) is 0 Å². The van der Waals surface area contributed by atoms with Gasteiger partial charge in [-0.15, -0.1) is 0 Å². The molecule has 9 nitrogen and oxygen atoms in total. The number of nitrogens with one attached hydrogen (secondary N) is 3. The highest BCUT2D eigenvalue weighted by Gasteiger charge is 2.22. The summed E-state index contributed by atoms with van der Waals surface area (Å²) in [5, 5.41) is 15.9. The van der Waals surface area contributed by atoms with Gasteiger partial charge in [-0.1, -0.05) is 6.92 Å². The van der Waals surface area contributed by atoms with Gasteiger partial charge in [0.25, 0.3) is 0 Å². The van der Waals surface area contributed by atoms with E-state index in [4.69, 9.17) is 5.11 Å². The minimum atomic E-state index is -1.09. The van der Waals surface area contributed by atoms with Gasteiger partial charge in [0.2, 0.25) is 17.7 Å². The fraction of sp³-hybridized carbons (Fsp3) is 0.667. The molecule has 0 aromatic carbocycles. The first-order valence-corrected chi connectivity index (χ1v) is 7.68. The molecule has 1 unspecified atom stereocenters. The molecule has 0 saturated heterocycles. The highest BCUT2D eigenvalue weighted by molar-refractivity contribution is 5.93. The van der Waals surface area contributed by atoms with Crippen LogP contribution in [0.2, 0.25) is 0 Å². The molecule has 24 heavy (non-hydrogen) atoms. The third kappa shape index (κ3) is 8.25. The highest BCUT2D eigenvalue weighted by atomic mass is 16.4. The molecule has 0 aromatic heterocycles. The summed E-state index contributed by atoms with van der Waals surface area (Å²) in [4.78, 5) is 57.0. The van der Waals surface area contributed by atoms with Crippen LogP contribution in [0.4, 0.5) is 0 Å². The van der Waals surface area contributed by atoms with E-state index >= 15 is 0 Å². The topological polar surface area (TPSA) is 142 Å². The van der Waals surface area contributed by atoms with Gasteiger partial charge in [0.1, 0.15) is 6.04 Å². The molecule has 0 bridgehead atoms. The quantitative estimate of drug-likeness (QED) is 0.409. The predicted molar refractivity (Wildman–Crippen MR) is 84.9 cm³/mol. The van der Waals surface area contributed by atoms with Crippen molar-refractivity contribution in [1.29, 1.82) is 0 Å². The van der Waals surface area contributed by atoms with Gasteiger partial charge in [-0.05, 0) is 27.2 Å². The van der Waals surface area contributed by atoms with Gasteiger partial charge in [-0.2, -0.15) is 0 Å². The molecule has 0 aromatic rings. The molecule has 0 aliphatic heterocycles. The first-order valence-electron chi connectivity index (χ1n) is 7.68. The smallest absolute Gasteiger partial charge is 0.304 e. The molecule has 0 saturated carbocycles. The molecule has 0 aliphatic rings. The molecule has 0 fully saturated rings. The Bertz CT molecular complexity index is 505. The zero-order chi connectivity index (χ0) is 18.9. The summed E-state index contributed by atoms with van der Waals surface area (Å²) < 4.78 is 0. The molecular weight excluding hydrogens is 318 g/mol. The Morgan fingerprint density at radius 3 is 2.00 bits per heavy atom. The van der Waals surface area contributed by atoms with Crippen molar-refractivity contribution in [3.05, 3.63) is 0 Å². The number of amides is 3. The van der Waals surface area contributed by atoms with E-state index in [1.54, 1.807) is 6.92 Å². The molecule has 3 amide bonds. The molecule has 0 radical (unpaired) electrons. The van der Waals surface area contributed by atoms with E-state index in [1.807, 2.05) is 0 Å². The van der Waals surface area contributed by atoms with Gasteiger partial charge in [-0.3, -0.25) is 24.0 Å². The van der Waals surface area contributed by atoms with Gasteiger partial charge in [0.05, 0.1) is 19.0 Å². The van der Waals surface area contributed by atoms with Crippen LogP contribution in [0.1, 0.15) is 40.5 Å². The van der Waals surface area contributed by atoms with Gasteiger partial charge >= 0.3 is 5.97 Å². The third-order valence-electron chi connectivity index (χ3n) is 3.45. The summed E-state index contributed by atoms with van der Waals surface area (Å²) in [6.45, 7) is 5.62. The van der Waals surface area contributed by atoms with Crippen molar-refractivity contribution >= 4 is 29.5 Å². The van der Waals surface area contributed by atoms with Crippen LogP contribution >= 0.6 is 0 Å². The number of carboxylic acids is 1. The van der Waals surface area contributed by atoms with Crippen molar-refractivity contribution < 1.29 is 29.1 Å². The highest BCUT2D eigenvalue weighted by Crippen LogP contribution is 2.07. The Labute approximate surface area is 140 Å². The standard InChI is InChI=1S/C15H25N3O6/c1-5-11(6-13(21)22)15(24)16-7-12(20)17-9(3)14(23)18-8(2)10(4)19/h8-9,11H,5-7H2,1-4H3,(H,16,24)(H,17,20)(H,18,23)(H,21,22)/t8-,9-,11?/m0/s1. The largest absolute Gasteiger partial charge is 0.481 e. The normalized spacial score (nSPS) is 14.0. The lowest BCUT2D eigenvalue weighted by Gasteiger charge is -2.17. The van der Waals surface area contributed by atoms with E-state index < -0.39 is 41.7 Å². The Morgan fingerprint density at radius 1 is 0.958 bits per heavy atom. The average molecular weight is 343 g/mol. The van der Waals surface area contributed by atoms with Crippen LogP contribution in [-0.4, -0.2) is 53.2 Å². The van der Waals surface area contributed by atoms with Gasteiger partial charge in [0, 0.05) is 5.92 Å². The van der Waals surface area contributed by atoms with Crippen molar-refractivity contribution in [1.82, 2.24) is 16.0 Å². The number of carbonyl (C=O) groups excluding carboxylic acids is 4. The monoisotopic (exact) mass is 343 g/mol. The Balaban J connectivity index is 4.33. The van der Waals surface area contributed by atoms with E-state index in [9.17, 15) is 24.0 Å². The number of hydrogen-bond acceptors (Lipinski definition) is 5. The van der Waals surface area contributed by atoms with Gasteiger partial charge < -0.3 is 21.1 Å². The molecule has 4 N–H and O–H groups in total. The maximum absolute atomic E-state index is 11.8. The number of carbonyl (C=O) groups is 5. The molecule has 9 heteroatoms. The van der Waals surface area contributed by atoms with Crippen molar-refractivity contribution in [3.8, 4) is 0 Å². The fourth-order valence-electron chi connectivity index (χ4n) is 1.74. The van der Waals surface area contributed by atoms with Crippen molar-refractivity contribution in [2.45, 2.75) is 52.6 Å². The Hall–Kier alpha value is -2.45. The van der Waals surface area contributed by atoms with Crippen molar-refractivity contribution in [3.63, 3.8) is 0 Å². The molecule has 0 rings (SSSR count). The van der Waals surface area contributed by atoms with Crippen LogP contribution in [0.25, 0.3) is 0 Å². The van der Waals surface area contributed by atoms with E-state index in [-0.39, 0.29) is 18.7 Å². The van der Waals surface area contributed by atoms with E-state index in [2.05, 4.69) is 16.0 Å². The van der Waals surface area contributed by atoms with Crippen molar-refractivity contribution in [2.75, 3.05) is 6.54 Å². The molecule has 0 spiro atoms. The minimum Gasteiger partial charge on any atom is -0.481 e. The Morgan fingerprint density at radius 2 is 1.54 bits per heavy atom. The van der Waals surface area contributed by atoms with Crippen LogP contribution < -0.4 is 16.0 Å². The minimum absolute atomic E-state index is 0.210. The first-order chi connectivity index (χ1) is 11.1. The lowest BCUT2D eigenvalue weighted by Crippen LogP contribution is -2.51. The van der Waals surface area contributed by atoms with Gasteiger partial charge in [0.15, 0.2) is 5.78 Å². The molecule has 3 atom stereocenters. The van der Waals surface area contributed by atoms with E-state index in [1.165, 1.54) is 20.8 Å². The maximum atomic E-state index is 11.8. The van der Waals surface area contributed by atoms with Crippen LogP contribution in [0.3, 0.4) is 0 Å². The summed E-state index contributed by atoms with van der Waals surface area (Å²) >= 11 is 0. The lowest BCUT2D eigenvalue weighted by atomic mass is 10.0. The second kappa shape index (κ2) is 10.3. The SMILES string of the molecule is CCC(CC(=O)O)C(=O)NCC(=O)N[C@@H](C)C(=O)N[C@@H](C)C(C)=O. The lowest BCUT2D eigenvalue weighted by molar-refractivity contribution is -0.141. The van der Waals surface area contributed by atoms with E-state index in [0.717, 1.165) is 0 Å². The number of rotatable bonds is 10. The van der Waals surface area contributed by atoms with Gasteiger partial charge in [-0.25, -0.2) is 0 Å². The average Bonchev–Trinajstić information content (AvgIpc) is 2.49. The number of hydrogen-bond donors (Lipinski definition) is 4. The number of carboxylic acid groups (broad SMARTS) is 1. The van der Waals surface area contributed by atoms with Crippen LogP contribution in [-0.2, 0) is 24.0 Å². The summed E-state index contributed by atoms with van der Waals surface area (Å²) in [6.07, 6.45) is 0.0210. The van der Waals surface area contributed by atoms with Crippen LogP contribution in [0.15, 0.2) is 0 Å². The summed E-state index contributed by atoms with van der Waals surface area (Å²) in [5.74, 6) is -3.66. The number of aliphatic carboxylic acids is 1. The second-order valence-corrected chi connectivity index (χ2v) is 5.55. The molecule has 0 aliphatic carbocycles. The zero-order valence-corrected chi connectivity index (χ0v) is 14.3. The maximum Gasteiger partial charge on any atom is 0.304 e. The molecular formula is C15H25N3O6. The number of Topliss-reactive ketones (excluding diaryl/α,β-unsaturated/α-hetero) is 1. The first kappa shape index (κ1) is 21.6. The molecule has 0 heterocycles. The summed E-state index contributed by atoms with van der Waals surface area (Å²) in [5.41, 5.74) is 0. The Kier molecular flexibility index (Phi) is 9.29. The summed E-state index contributed by atoms with van der Waals surface area (Å²) in [7, 11) is 0. The molecule has 136 valence electrons. The second-order valence-electron chi connectivity index (χ2n) is 5.55. The third-order valence-corrected chi connectivity index (χ3v) is 3.45. The van der Waals surface area contributed by atoms with Crippen molar-refractivity contribution in [2.24, 2.45) is 5.92 Å². The zero-order valence-electron chi connectivity index (χ0n) is 14.3. The fourth-order valence-corrected chi connectivity index (χ4v) is 1.74. The number of ketones is 1. The van der Waals surface area contributed by atoms with E-state index in [0.29, 0.717) is 6.42 Å². The summed E-state index contributed by atoms with van der Waals surface area (Å²) in [6, 6.07) is -1.53. The predicted octanol–water partition coefficient (Wildman–Crippen LogP) is -0.798. The van der Waals surface area contributed by atoms with Crippen LogP contribution in [0, 0.1) is 5.92 Å².